The van der Waals surface area contributed by atoms with Gasteiger partial charge < -0.3 is 14.8 Å². The summed E-state index contributed by atoms with van der Waals surface area (Å²) in [7, 11) is 0. The largest absolute Gasteiger partial charge is 0.490 e. The fourth-order valence-electron chi connectivity index (χ4n) is 2.86. The lowest BCUT2D eigenvalue weighted by molar-refractivity contribution is -0.117. The Labute approximate surface area is 154 Å². The number of rotatable bonds is 6. The molecule has 1 N–H and O–H groups in total. The number of hydrogen-bond acceptors (Lipinski definition) is 4. The van der Waals surface area contributed by atoms with Crippen molar-refractivity contribution in [2.45, 2.75) is 32.9 Å². The van der Waals surface area contributed by atoms with Crippen LogP contribution in [0.1, 0.15) is 25.8 Å². The van der Waals surface area contributed by atoms with Crippen LogP contribution in [0.4, 0.5) is 5.69 Å². The molecule has 1 aliphatic heterocycles. The molecule has 0 spiro atoms. The summed E-state index contributed by atoms with van der Waals surface area (Å²) in [6.45, 7) is 6.56. The minimum Gasteiger partial charge on any atom is -0.490 e. The summed E-state index contributed by atoms with van der Waals surface area (Å²) in [5.41, 5.74) is 1.92. The highest BCUT2D eigenvalue weighted by molar-refractivity contribution is 5.92. The molecule has 0 saturated heterocycles. The second-order valence-corrected chi connectivity index (χ2v) is 6.74. The third kappa shape index (κ3) is 4.99. The van der Waals surface area contributed by atoms with Crippen molar-refractivity contribution in [3.8, 4) is 11.5 Å². The van der Waals surface area contributed by atoms with Crippen molar-refractivity contribution in [3.05, 3.63) is 54.1 Å². The van der Waals surface area contributed by atoms with Crippen LogP contribution in [-0.4, -0.2) is 36.6 Å². The first-order chi connectivity index (χ1) is 12.6. The number of amides is 1. The second kappa shape index (κ2) is 8.72. The lowest BCUT2D eigenvalue weighted by Gasteiger charge is -2.26. The number of nitrogens with zero attached hydrogens (tertiary/aromatic N) is 1. The first-order valence-electron chi connectivity index (χ1n) is 9.09. The molecule has 2 aromatic carbocycles. The van der Waals surface area contributed by atoms with Crippen molar-refractivity contribution in [1.29, 1.82) is 0 Å². The van der Waals surface area contributed by atoms with Gasteiger partial charge in [-0.05, 0) is 31.5 Å². The molecule has 1 aliphatic rings. The topological polar surface area (TPSA) is 50.8 Å². The molecule has 1 amide bonds. The summed E-state index contributed by atoms with van der Waals surface area (Å²) in [6.07, 6.45) is 0.860. The number of ether oxygens (including phenoxy) is 2. The van der Waals surface area contributed by atoms with Crippen molar-refractivity contribution in [3.63, 3.8) is 0 Å². The maximum absolute atomic E-state index is 12.5. The van der Waals surface area contributed by atoms with E-state index in [-0.39, 0.29) is 11.9 Å². The van der Waals surface area contributed by atoms with Crippen molar-refractivity contribution in [1.82, 2.24) is 4.90 Å². The number of anilines is 1. The van der Waals surface area contributed by atoms with E-state index >= 15 is 0 Å². The molecule has 0 unspecified atom stereocenters. The van der Waals surface area contributed by atoms with E-state index in [0.717, 1.165) is 24.4 Å². The molecule has 5 nitrogen and oxygen atoms in total. The predicted octanol–water partition coefficient (Wildman–Crippen LogP) is 3.70. The lowest BCUT2D eigenvalue weighted by atomic mass is 10.2. The molecule has 3 rings (SSSR count). The summed E-state index contributed by atoms with van der Waals surface area (Å²) in [4.78, 5) is 14.7. The number of benzene rings is 2. The zero-order valence-electron chi connectivity index (χ0n) is 15.4. The average molecular weight is 354 g/mol. The van der Waals surface area contributed by atoms with Crippen LogP contribution in [0.5, 0.6) is 11.5 Å². The lowest BCUT2D eigenvalue weighted by Crippen LogP contribution is -2.37. The Morgan fingerprint density at radius 1 is 1.08 bits per heavy atom. The van der Waals surface area contributed by atoms with Gasteiger partial charge >= 0.3 is 0 Å². The van der Waals surface area contributed by atoms with Gasteiger partial charge in [0.1, 0.15) is 0 Å². The fraction of sp³-hybridized carbons (Fsp3) is 0.381. The SMILES string of the molecule is CC(C)N(CC(=O)Nc1ccc2c(c1)OCCCO2)Cc1ccccc1. The van der Waals surface area contributed by atoms with Gasteiger partial charge in [-0.2, -0.15) is 0 Å². The van der Waals surface area contributed by atoms with Gasteiger partial charge in [-0.1, -0.05) is 30.3 Å². The summed E-state index contributed by atoms with van der Waals surface area (Å²) in [5, 5.41) is 2.97. The normalized spacial score (nSPS) is 13.5. The standard InChI is InChI=1S/C21H26N2O3/c1-16(2)23(14-17-7-4-3-5-8-17)15-21(24)22-18-9-10-19-20(13-18)26-12-6-11-25-19/h3-5,7-10,13,16H,6,11-12,14-15H2,1-2H3,(H,22,24). The van der Waals surface area contributed by atoms with Crippen molar-refractivity contribution in [2.24, 2.45) is 0 Å². The molecule has 0 aromatic heterocycles. The van der Waals surface area contributed by atoms with E-state index in [2.05, 4.69) is 36.2 Å². The number of nitrogens with one attached hydrogen (secondary N) is 1. The molecular weight excluding hydrogens is 328 g/mol. The number of carbonyl (C=O) groups excluding carboxylic acids is 1. The molecule has 26 heavy (non-hydrogen) atoms. The summed E-state index contributed by atoms with van der Waals surface area (Å²) >= 11 is 0. The van der Waals surface area contributed by atoms with Crippen LogP contribution in [0.3, 0.4) is 0 Å². The number of carbonyl (C=O) groups is 1. The molecule has 0 fully saturated rings. The van der Waals surface area contributed by atoms with Crippen LogP contribution in [0.25, 0.3) is 0 Å². The minimum absolute atomic E-state index is 0.0379. The Morgan fingerprint density at radius 2 is 1.81 bits per heavy atom. The number of hydrogen-bond donors (Lipinski definition) is 1. The summed E-state index contributed by atoms with van der Waals surface area (Å²) in [6, 6.07) is 16.0. The van der Waals surface area contributed by atoms with Crippen molar-refractivity contribution in [2.75, 3.05) is 25.1 Å². The van der Waals surface area contributed by atoms with Crippen LogP contribution in [0.2, 0.25) is 0 Å². The average Bonchev–Trinajstić information content (AvgIpc) is 2.87. The van der Waals surface area contributed by atoms with Gasteiger partial charge in [-0.3, -0.25) is 9.69 Å². The molecule has 0 bridgehead atoms. The van der Waals surface area contributed by atoms with E-state index in [1.165, 1.54) is 5.56 Å². The molecule has 0 radical (unpaired) electrons. The Kier molecular flexibility index (Phi) is 6.12. The molecule has 2 aromatic rings. The maximum Gasteiger partial charge on any atom is 0.238 e. The van der Waals surface area contributed by atoms with E-state index in [9.17, 15) is 4.79 Å². The van der Waals surface area contributed by atoms with Gasteiger partial charge in [-0.25, -0.2) is 0 Å². The monoisotopic (exact) mass is 354 g/mol. The van der Waals surface area contributed by atoms with E-state index in [0.29, 0.717) is 25.5 Å². The van der Waals surface area contributed by atoms with E-state index in [4.69, 9.17) is 9.47 Å². The first-order valence-corrected chi connectivity index (χ1v) is 9.09. The van der Waals surface area contributed by atoms with Gasteiger partial charge in [0.05, 0.1) is 19.8 Å². The van der Waals surface area contributed by atoms with Crippen LogP contribution >= 0.6 is 0 Å². The summed E-state index contributed by atoms with van der Waals surface area (Å²) < 4.78 is 11.3. The smallest absolute Gasteiger partial charge is 0.238 e. The molecule has 0 saturated carbocycles. The molecule has 138 valence electrons. The van der Waals surface area contributed by atoms with Crippen LogP contribution < -0.4 is 14.8 Å². The zero-order chi connectivity index (χ0) is 18.4. The second-order valence-electron chi connectivity index (χ2n) is 6.74. The molecule has 0 aliphatic carbocycles. The van der Waals surface area contributed by atoms with Crippen LogP contribution in [0.15, 0.2) is 48.5 Å². The van der Waals surface area contributed by atoms with Gasteiger partial charge in [0.25, 0.3) is 0 Å². The van der Waals surface area contributed by atoms with Gasteiger partial charge in [0, 0.05) is 30.8 Å². The highest BCUT2D eigenvalue weighted by Crippen LogP contribution is 2.32. The van der Waals surface area contributed by atoms with Gasteiger partial charge in [0.2, 0.25) is 5.91 Å². The van der Waals surface area contributed by atoms with E-state index < -0.39 is 0 Å². The Morgan fingerprint density at radius 3 is 2.54 bits per heavy atom. The minimum atomic E-state index is -0.0379. The van der Waals surface area contributed by atoms with Gasteiger partial charge in [0.15, 0.2) is 11.5 Å². The van der Waals surface area contributed by atoms with Crippen molar-refractivity contribution >= 4 is 11.6 Å². The van der Waals surface area contributed by atoms with Crippen molar-refractivity contribution < 1.29 is 14.3 Å². The fourth-order valence-corrected chi connectivity index (χ4v) is 2.86. The molecule has 5 heteroatoms. The quantitative estimate of drug-likeness (QED) is 0.859. The zero-order valence-corrected chi connectivity index (χ0v) is 15.4. The van der Waals surface area contributed by atoms with E-state index in [1.54, 1.807) is 0 Å². The highest BCUT2D eigenvalue weighted by Gasteiger charge is 2.16. The Bertz CT molecular complexity index is 731. The Balaban J connectivity index is 1.62. The maximum atomic E-state index is 12.5. The molecule has 1 heterocycles. The van der Waals surface area contributed by atoms with E-state index in [1.807, 2.05) is 36.4 Å². The third-order valence-corrected chi connectivity index (χ3v) is 4.34. The van der Waals surface area contributed by atoms with Crippen LogP contribution in [-0.2, 0) is 11.3 Å². The first kappa shape index (κ1) is 18.3. The number of fused-ring (bicyclic) bond motifs is 1. The highest BCUT2D eigenvalue weighted by atomic mass is 16.5. The third-order valence-electron chi connectivity index (χ3n) is 4.34. The summed E-state index contributed by atoms with van der Waals surface area (Å²) in [5.74, 6) is 1.38. The molecular formula is C21H26N2O3. The predicted molar refractivity (Wildman–Crippen MR) is 103 cm³/mol. The molecule has 0 atom stereocenters. The van der Waals surface area contributed by atoms with Gasteiger partial charge in [-0.15, -0.1) is 0 Å². The Hall–Kier alpha value is -2.53. The van der Waals surface area contributed by atoms with Crippen LogP contribution in [0, 0.1) is 0 Å².